The van der Waals surface area contributed by atoms with E-state index in [0.717, 1.165) is 56.5 Å². The van der Waals surface area contributed by atoms with Gasteiger partial charge in [0, 0.05) is 44.8 Å². The Morgan fingerprint density at radius 3 is 2.67 bits per heavy atom. The summed E-state index contributed by atoms with van der Waals surface area (Å²) in [6, 6.07) is 15.1. The highest BCUT2D eigenvalue weighted by atomic mass is 16.5. The van der Waals surface area contributed by atoms with E-state index in [1.165, 1.54) is 31.4 Å². The molecule has 27 heavy (non-hydrogen) atoms. The zero-order valence-electron chi connectivity index (χ0n) is 16.1. The van der Waals surface area contributed by atoms with Crippen LogP contribution in [-0.2, 0) is 13.0 Å². The molecular formula is C22H30N4O. The van der Waals surface area contributed by atoms with Gasteiger partial charge in [-0.3, -0.25) is 4.90 Å². The normalized spacial score (nSPS) is 17.9. The molecule has 0 spiro atoms. The van der Waals surface area contributed by atoms with E-state index in [2.05, 4.69) is 57.6 Å². The maximum atomic E-state index is 5.79. The molecule has 3 heterocycles. The second kappa shape index (κ2) is 9.20. The predicted molar refractivity (Wildman–Crippen MR) is 109 cm³/mol. The van der Waals surface area contributed by atoms with Gasteiger partial charge in [0.15, 0.2) is 0 Å². The monoisotopic (exact) mass is 366 g/mol. The third kappa shape index (κ3) is 4.99. The lowest BCUT2D eigenvalue weighted by atomic mass is 10.1. The van der Waals surface area contributed by atoms with E-state index in [0.29, 0.717) is 6.61 Å². The highest BCUT2D eigenvalue weighted by Crippen LogP contribution is 2.23. The summed E-state index contributed by atoms with van der Waals surface area (Å²) < 4.78 is 5.79. The predicted octanol–water partition coefficient (Wildman–Crippen LogP) is 2.71. The Labute approximate surface area is 162 Å². The van der Waals surface area contributed by atoms with Crippen molar-refractivity contribution in [1.29, 1.82) is 0 Å². The van der Waals surface area contributed by atoms with Gasteiger partial charge in [0.2, 0.25) is 5.88 Å². The molecule has 4 rings (SSSR count). The van der Waals surface area contributed by atoms with Crippen LogP contribution in [0.5, 0.6) is 5.88 Å². The van der Waals surface area contributed by atoms with Crippen LogP contribution in [-0.4, -0.2) is 55.8 Å². The number of aryl methyl sites for hydroxylation is 1. The van der Waals surface area contributed by atoms with E-state index < -0.39 is 0 Å². The van der Waals surface area contributed by atoms with Crippen LogP contribution in [0.2, 0.25) is 0 Å². The van der Waals surface area contributed by atoms with Crippen molar-refractivity contribution in [2.75, 3.05) is 50.8 Å². The molecule has 1 aromatic heterocycles. The van der Waals surface area contributed by atoms with Crippen LogP contribution in [0.15, 0.2) is 42.5 Å². The number of hydrogen-bond donors (Lipinski definition) is 1. The summed E-state index contributed by atoms with van der Waals surface area (Å²) in [5, 5.41) is 3.36. The Hall–Kier alpha value is -2.11. The fourth-order valence-corrected chi connectivity index (χ4v) is 3.85. The average Bonchev–Trinajstić information content (AvgIpc) is 2.97. The molecule has 144 valence electrons. The van der Waals surface area contributed by atoms with Gasteiger partial charge in [-0.25, -0.2) is 0 Å². The van der Waals surface area contributed by atoms with Gasteiger partial charge in [0.25, 0.3) is 0 Å². The Morgan fingerprint density at radius 2 is 1.81 bits per heavy atom. The summed E-state index contributed by atoms with van der Waals surface area (Å²) in [4.78, 5) is 9.76. The molecule has 1 saturated heterocycles. The smallest absolute Gasteiger partial charge is 0.219 e. The van der Waals surface area contributed by atoms with Gasteiger partial charge in [-0.2, -0.15) is 4.98 Å². The van der Waals surface area contributed by atoms with E-state index in [1.807, 2.05) is 0 Å². The van der Waals surface area contributed by atoms with Crippen molar-refractivity contribution < 1.29 is 4.74 Å². The number of anilines is 1. The first-order valence-electron chi connectivity index (χ1n) is 10.2. The standard InChI is InChI=1S/C22H30N4O/c1-2-6-19(7-3-1)8-4-5-12-25-13-15-26(16-14-25)21-10-9-20-18-23-11-17-27-22(20)24-21/h1-3,6-7,9-10,23H,4-5,8,11-18H2. The Balaban J connectivity index is 1.21. The van der Waals surface area contributed by atoms with Gasteiger partial charge in [-0.05, 0) is 43.5 Å². The number of nitrogens with one attached hydrogen (secondary N) is 1. The number of aromatic nitrogens is 1. The summed E-state index contributed by atoms with van der Waals surface area (Å²) in [6.45, 7) is 7.95. The fourth-order valence-electron chi connectivity index (χ4n) is 3.85. The summed E-state index contributed by atoms with van der Waals surface area (Å²) in [6.07, 6.45) is 3.73. The van der Waals surface area contributed by atoms with Gasteiger partial charge in [0.05, 0.1) is 0 Å². The Kier molecular flexibility index (Phi) is 6.22. The quantitative estimate of drug-likeness (QED) is 0.796. The minimum Gasteiger partial charge on any atom is -0.476 e. The molecule has 0 atom stereocenters. The molecule has 2 aliphatic heterocycles. The van der Waals surface area contributed by atoms with E-state index in [4.69, 9.17) is 9.72 Å². The average molecular weight is 367 g/mol. The molecule has 5 heteroatoms. The molecule has 0 saturated carbocycles. The first-order chi connectivity index (χ1) is 13.4. The third-order valence-electron chi connectivity index (χ3n) is 5.49. The van der Waals surface area contributed by atoms with Crippen LogP contribution < -0.4 is 15.0 Å². The maximum Gasteiger partial charge on any atom is 0.219 e. The Morgan fingerprint density at radius 1 is 0.963 bits per heavy atom. The van der Waals surface area contributed by atoms with Crippen molar-refractivity contribution >= 4 is 5.82 Å². The molecule has 0 bridgehead atoms. The van der Waals surface area contributed by atoms with Gasteiger partial charge in [-0.15, -0.1) is 0 Å². The second-order valence-electron chi connectivity index (χ2n) is 7.43. The number of fused-ring (bicyclic) bond motifs is 1. The molecule has 2 aromatic rings. The van der Waals surface area contributed by atoms with E-state index in [-0.39, 0.29) is 0 Å². The molecule has 1 N–H and O–H groups in total. The van der Waals surface area contributed by atoms with Gasteiger partial charge in [-0.1, -0.05) is 30.3 Å². The number of ether oxygens (including phenoxy) is 1. The van der Waals surface area contributed by atoms with Gasteiger partial charge >= 0.3 is 0 Å². The van der Waals surface area contributed by atoms with E-state index in [1.54, 1.807) is 0 Å². The minimum atomic E-state index is 0.695. The van der Waals surface area contributed by atoms with Crippen molar-refractivity contribution in [3.63, 3.8) is 0 Å². The molecule has 0 unspecified atom stereocenters. The maximum absolute atomic E-state index is 5.79. The first-order valence-corrected chi connectivity index (χ1v) is 10.2. The molecule has 1 fully saturated rings. The number of unbranched alkanes of at least 4 members (excludes halogenated alkanes) is 1. The van der Waals surface area contributed by atoms with Crippen molar-refractivity contribution in [2.45, 2.75) is 25.8 Å². The summed E-state index contributed by atoms with van der Waals surface area (Å²) in [5.41, 5.74) is 2.61. The van der Waals surface area contributed by atoms with Crippen LogP contribution >= 0.6 is 0 Å². The van der Waals surface area contributed by atoms with Crippen LogP contribution in [0.3, 0.4) is 0 Å². The van der Waals surface area contributed by atoms with Crippen LogP contribution in [0, 0.1) is 0 Å². The van der Waals surface area contributed by atoms with Crippen LogP contribution in [0.4, 0.5) is 5.82 Å². The first kappa shape index (κ1) is 18.3. The van der Waals surface area contributed by atoms with Gasteiger partial charge in [0.1, 0.15) is 12.4 Å². The van der Waals surface area contributed by atoms with Crippen molar-refractivity contribution in [2.24, 2.45) is 0 Å². The topological polar surface area (TPSA) is 40.6 Å². The molecular weight excluding hydrogens is 336 g/mol. The number of hydrogen-bond acceptors (Lipinski definition) is 5. The van der Waals surface area contributed by atoms with Crippen molar-refractivity contribution in [3.05, 3.63) is 53.6 Å². The summed E-state index contributed by atoms with van der Waals surface area (Å²) in [7, 11) is 0. The lowest BCUT2D eigenvalue weighted by molar-refractivity contribution is 0.252. The number of benzene rings is 1. The number of pyridine rings is 1. The highest BCUT2D eigenvalue weighted by molar-refractivity contribution is 5.44. The zero-order chi connectivity index (χ0) is 18.3. The molecule has 2 aliphatic rings. The summed E-state index contributed by atoms with van der Waals surface area (Å²) in [5.74, 6) is 1.86. The number of piperazine rings is 1. The molecule has 0 amide bonds. The molecule has 5 nitrogen and oxygen atoms in total. The number of nitrogens with zero attached hydrogens (tertiary/aromatic N) is 3. The van der Waals surface area contributed by atoms with E-state index >= 15 is 0 Å². The van der Waals surface area contributed by atoms with Crippen molar-refractivity contribution in [3.8, 4) is 5.88 Å². The van der Waals surface area contributed by atoms with Gasteiger partial charge < -0.3 is 15.0 Å². The SMILES string of the molecule is c1ccc(CCCCN2CCN(c3ccc4c(n3)OCCNC4)CC2)cc1. The lowest BCUT2D eigenvalue weighted by Gasteiger charge is -2.35. The Bertz CT molecular complexity index is 714. The number of rotatable bonds is 6. The fraction of sp³-hybridized carbons (Fsp3) is 0.500. The minimum absolute atomic E-state index is 0.695. The lowest BCUT2D eigenvalue weighted by Crippen LogP contribution is -2.47. The molecule has 1 aromatic carbocycles. The zero-order valence-corrected chi connectivity index (χ0v) is 16.1. The highest BCUT2D eigenvalue weighted by Gasteiger charge is 2.19. The third-order valence-corrected chi connectivity index (χ3v) is 5.49. The van der Waals surface area contributed by atoms with Crippen LogP contribution in [0.1, 0.15) is 24.0 Å². The molecule has 0 aliphatic carbocycles. The van der Waals surface area contributed by atoms with Crippen LogP contribution in [0.25, 0.3) is 0 Å². The van der Waals surface area contributed by atoms with Crippen molar-refractivity contribution in [1.82, 2.24) is 15.2 Å². The van der Waals surface area contributed by atoms with E-state index in [9.17, 15) is 0 Å². The largest absolute Gasteiger partial charge is 0.476 e. The summed E-state index contributed by atoms with van der Waals surface area (Å²) >= 11 is 0. The molecule has 0 radical (unpaired) electrons. The second-order valence-corrected chi connectivity index (χ2v) is 7.43.